The average Bonchev–Trinajstić information content (AvgIpc) is 2.46. The van der Waals surface area contributed by atoms with Gasteiger partial charge in [0.25, 0.3) is 0 Å². The Morgan fingerprint density at radius 3 is 2.67 bits per heavy atom. The predicted molar refractivity (Wildman–Crippen MR) is 76.5 cm³/mol. The van der Waals surface area contributed by atoms with Crippen LogP contribution in [0.2, 0.25) is 0 Å². The highest BCUT2D eigenvalue weighted by Crippen LogP contribution is 2.35. The number of benzene rings is 1. The number of rotatable bonds is 4. The van der Waals surface area contributed by atoms with Crippen LogP contribution in [0.25, 0.3) is 0 Å². The summed E-state index contributed by atoms with van der Waals surface area (Å²) in [5, 5.41) is 0. The van der Waals surface area contributed by atoms with E-state index in [2.05, 4.69) is 36.9 Å². The van der Waals surface area contributed by atoms with Crippen LogP contribution in [-0.2, 0) is 4.74 Å². The van der Waals surface area contributed by atoms with Crippen molar-refractivity contribution in [1.29, 1.82) is 0 Å². The molecular formula is C17H22O. The molecule has 2 atom stereocenters. The van der Waals surface area contributed by atoms with E-state index in [-0.39, 0.29) is 0 Å². The first-order valence-electron chi connectivity index (χ1n) is 6.81. The SMILES string of the molecule is C=C/C(C)=C/O[C@H]1CCCC[C@@H]1c1ccccc1. The van der Waals surface area contributed by atoms with Crippen LogP contribution < -0.4 is 0 Å². The van der Waals surface area contributed by atoms with Crippen LogP contribution in [0.15, 0.2) is 54.8 Å². The van der Waals surface area contributed by atoms with Crippen molar-refractivity contribution in [2.45, 2.75) is 44.6 Å². The van der Waals surface area contributed by atoms with Gasteiger partial charge in [-0.05, 0) is 37.3 Å². The molecule has 1 fully saturated rings. The molecule has 1 heteroatoms. The molecule has 0 amide bonds. The van der Waals surface area contributed by atoms with E-state index in [1.165, 1.54) is 24.8 Å². The van der Waals surface area contributed by atoms with Gasteiger partial charge in [-0.2, -0.15) is 0 Å². The van der Waals surface area contributed by atoms with Gasteiger partial charge in [0.05, 0.1) is 6.26 Å². The van der Waals surface area contributed by atoms with Crippen LogP contribution in [0, 0.1) is 0 Å². The molecule has 0 aliphatic heterocycles. The Hall–Kier alpha value is -1.50. The quantitative estimate of drug-likeness (QED) is 0.543. The molecule has 0 spiro atoms. The summed E-state index contributed by atoms with van der Waals surface area (Å²) in [6, 6.07) is 10.7. The van der Waals surface area contributed by atoms with Gasteiger partial charge in [0.2, 0.25) is 0 Å². The van der Waals surface area contributed by atoms with Crippen molar-refractivity contribution >= 4 is 0 Å². The maximum atomic E-state index is 5.97. The zero-order chi connectivity index (χ0) is 12.8. The molecule has 1 aliphatic rings. The molecule has 0 aromatic heterocycles. The Balaban J connectivity index is 2.09. The van der Waals surface area contributed by atoms with E-state index in [1.807, 2.05) is 19.3 Å². The zero-order valence-corrected chi connectivity index (χ0v) is 11.1. The van der Waals surface area contributed by atoms with Crippen LogP contribution in [0.1, 0.15) is 44.1 Å². The first-order valence-corrected chi connectivity index (χ1v) is 6.81. The summed E-state index contributed by atoms with van der Waals surface area (Å²) in [4.78, 5) is 0. The molecule has 96 valence electrons. The summed E-state index contributed by atoms with van der Waals surface area (Å²) < 4.78 is 5.97. The van der Waals surface area contributed by atoms with E-state index in [0.717, 1.165) is 12.0 Å². The van der Waals surface area contributed by atoms with E-state index in [4.69, 9.17) is 4.74 Å². The van der Waals surface area contributed by atoms with Crippen molar-refractivity contribution in [2.24, 2.45) is 0 Å². The Labute approximate surface area is 110 Å². The molecule has 1 aromatic rings. The van der Waals surface area contributed by atoms with Crippen molar-refractivity contribution in [3.8, 4) is 0 Å². The highest BCUT2D eigenvalue weighted by molar-refractivity contribution is 5.21. The van der Waals surface area contributed by atoms with Crippen molar-refractivity contribution < 1.29 is 4.74 Å². The molecule has 1 aromatic carbocycles. The minimum atomic E-state index is 0.316. The fraction of sp³-hybridized carbons (Fsp3) is 0.412. The van der Waals surface area contributed by atoms with Gasteiger partial charge in [0.15, 0.2) is 0 Å². The third-order valence-corrected chi connectivity index (χ3v) is 3.68. The molecule has 1 saturated carbocycles. The number of ether oxygens (including phenoxy) is 1. The molecule has 0 saturated heterocycles. The maximum absolute atomic E-state index is 5.97. The largest absolute Gasteiger partial charge is 0.497 e. The summed E-state index contributed by atoms with van der Waals surface area (Å²) in [5.41, 5.74) is 2.50. The van der Waals surface area contributed by atoms with Gasteiger partial charge in [-0.25, -0.2) is 0 Å². The third kappa shape index (κ3) is 3.25. The van der Waals surface area contributed by atoms with Crippen molar-refractivity contribution in [3.63, 3.8) is 0 Å². The first kappa shape index (κ1) is 12.9. The smallest absolute Gasteiger partial charge is 0.105 e. The minimum Gasteiger partial charge on any atom is -0.497 e. The summed E-state index contributed by atoms with van der Waals surface area (Å²) in [7, 11) is 0. The van der Waals surface area contributed by atoms with Crippen LogP contribution >= 0.6 is 0 Å². The highest BCUT2D eigenvalue weighted by atomic mass is 16.5. The normalized spacial score (nSPS) is 24.6. The lowest BCUT2D eigenvalue weighted by atomic mass is 9.81. The van der Waals surface area contributed by atoms with Gasteiger partial charge in [-0.3, -0.25) is 0 Å². The Morgan fingerprint density at radius 1 is 1.22 bits per heavy atom. The second-order valence-electron chi connectivity index (χ2n) is 5.04. The van der Waals surface area contributed by atoms with Crippen molar-refractivity contribution in [2.75, 3.05) is 0 Å². The second kappa shape index (κ2) is 6.44. The third-order valence-electron chi connectivity index (χ3n) is 3.68. The first-order chi connectivity index (χ1) is 8.81. The second-order valence-corrected chi connectivity index (χ2v) is 5.04. The van der Waals surface area contributed by atoms with Gasteiger partial charge in [-0.15, -0.1) is 0 Å². The van der Waals surface area contributed by atoms with E-state index >= 15 is 0 Å². The Bertz CT molecular complexity index is 405. The van der Waals surface area contributed by atoms with Crippen LogP contribution in [0.5, 0.6) is 0 Å². The summed E-state index contributed by atoms with van der Waals surface area (Å²) in [6.45, 7) is 5.77. The molecule has 0 N–H and O–H groups in total. The van der Waals surface area contributed by atoms with E-state index in [0.29, 0.717) is 12.0 Å². The minimum absolute atomic E-state index is 0.316. The maximum Gasteiger partial charge on any atom is 0.105 e. The average molecular weight is 242 g/mol. The molecular weight excluding hydrogens is 220 g/mol. The summed E-state index contributed by atoms with van der Waals surface area (Å²) in [5.74, 6) is 0.536. The predicted octanol–water partition coefficient (Wildman–Crippen LogP) is 4.82. The lowest BCUT2D eigenvalue weighted by molar-refractivity contribution is 0.0838. The van der Waals surface area contributed by atoms with Gasteiger partial charge in [0, 0.05) is 5.92 Å². The molecule has 2 rings (SSSR count). The molecule has 0 bridgehead atoms. The number of hydrogen-bond acceptors (Lipinski definition) is 1. The molecule has 0 heterocycles. The van der Waals surface area contributed by atoms with Crippen LogP contribution in [0.4, 0.5) is 0 Å². The van der Waals surface area contributed by atoms with E-state index in [1.54, 1.807) is 0 Å². The summed E-state index contributed by atoms with van der Waals surface area (Å²) in [6.07, 6.45) is 8.98. The van der Waals surface area contributed by atoms with Gasteiger partial charge >= 0.3 is 0 Å². The monoisotopic (exact) mass is 242 g/mol. The van der Waals surface area contributed by atoms with E-state index < -0.39 is 0 Å². The topological polar surface area (TPSA) is 9.23 Å². The van der Waals surface area contributed by atoms with Gasteiger partial charge in [-0.1, -0.05) is 49.4 Å². The molecule has 1 nitrogen and oxygen atoms in total. The zero-order valence-electron chi connectivity index (χ0n) is 11.1. The van der Waals surface area contributed by atoms with Crippen molar-refractivity contribution in [3.05, 3.63) is 60.4 Å². The molecule has 0 unspecified atom stereocenters. The Kier molecular flexibility index (Phi) is 4.63. The lowest BCUT2D eigenvalue weighted by Crippen LogP contribution is -2.24. The van der Waals surface area contributed by atoms with Crippen LogP contribution in [0.3, 0.4) is 0 Å². The Morgan fingerprint density at radius 2 is 1.94 bits per heavy atom. The van der Waals surface area contributed by atoms with Crippen molar-refractivity contribution in [1.82, 2.24) is 0 Å². The molecule has 1 aliphatic carbocycles. The van der Waals surface area contributed by atoms with E-state index in [9.17, 15) is 0 Å². The fourth-order valence-electron chi connectivity index (χ4n) is 2.58. The van der Waals surface area contributed by atoms with Gasteiger partial charge in [0.1, 0.15) is 6.10 Å². The number of allylic oxidation sites excluding steroid dienone is 2. The fourth-order valence-corrected chi connectivity index (χ4v) is 2.58. The highest BCUT2D eigenvalue weighted by Gasteiger charge is 2.27. The number of hydrogen-bond donors (Lipinski definition) is 0. The molecule has 18 heavy (non-hydrogen) atoms. The van der Waals surface area contributed by atoms with Gasteiger partial charge < -0.3 is 4.74 Å². The van der Waals surface area contributed by atoms with Crippen LogP contribution in [-0.4, -0.2) is 6.10 Å². The summed E-state index contributed by atoms with van der Waals surface area (Å²) >= 11 is 0. The molecule has 0 radical (unpaired) electrons. The lowest BCUT2D eigenvalue weighted by Gasteiger charge is -2.31. The standard InChI is InChI=1S/C17H22O/c1-3-14(2)13-18-17-12-8-7-11-16(17)15-9-5-4-6-10-15/h3-6,9-10,13,16-17H,1,7-8,11-12H2,2H3/b14-13+/t16-,17+/m1/s1.